The van der Waals surface area contributed by atoms with Gasteiger partial charge in [-0.1, -0.05) is 0 Å². The predicted molar refractivity (Wildman–Crippen MR) is 45.3 cm³/mol. The van der Waals surface area contributed by atoms with Crippen LogP contribution in [0.3, 0.4) is 0 Å². The summed E-state index contributed by atoms with van der Waals surface area (Å²) in [6, 6.07) is 0.801. The van der Waals surface area contributed by atoms with Crippen molar-refractivity contribution in [2.45, 2.75) is 6.04 Å². The number of nitrogens with one attached hydrogen (secondary N) is 1. The molecule has 0 spiro atoms. The molecule has 2 atom stereocenters. The topological polar surface area (TPSA) is 41.3 Å². The second-order valence-electron chi connectivity index (χ2n) is 3.82. The van der Waals surface area contributed by atoms with Gasteiger partial charge in [0.2, 0.25) is 0 Å². The number of hydrogen-bond donors (Lipinski definition) is 2. The smallest absolute Gasteiger partial charge is 0.0156 e. The summed E-state index contributed by atoms with van der Waals surface area (Å²) < 4.78 is 0. The fraction of sp³-hybridized carbons (Fsp3) is 1.00. The lowest BCUT2D eigenvalue weighted by Crippen LogP contribution is -2.32. The Morgan fingerprint density at radius 2 is 2.09 bits per heavy atom. The van der Waals surface area contributed by atoms with Crippen LogP contribution >= 0.6 is 0 Å². The average Bonchev–Trinajstić information content (AvgIpc) is 2.41. The van der Waals surface area contributed by atoms with Crippen LogP contribution in [0.2, 0.25) is 0 Å². The number of fused-ring (bicyclic) bond motifs is 1. The summed E-state index contributed by atoms with van der Waals surface area (Å²) in [6.45, 7) is 4.33. The van der Waals surface area contributed by atoms with Crippen molar-refractivity contribution < 1.29 is 0 Å². The Kier molecular flexibility index (Phi) is 1.87. The molecule has 3 N–H and O–H groups in total. The molecule has 1 saturated heterocycles. The molecule has 64 valence electrons. The van der Waals surface area contributed by atoms with Crippen molar-refractivity contribution >= 4 is 0 Å². The molecule has 1 heterocycles. The van der Waals surface area contributed by atoms with Gasteiger partial charge in [-0.05, 0) is 18.9 Å². The van der Waals surface area contributed by atoms with E-state index < -0.39 is 0 Å². The maximum Gasteiger partial charge on any atom is 0.0156 e. The first-order valence-corrected chi connectivity index (χ1v) is 4.45. The van der Waals surface area contributed by atoms with E-state index in [0.717, 1.165) is 31.0 Å². The van der Waals surface area contributed by atoms with Crippen LogP contribution in [0.5, 0.6) is 0 Å². The summed E-state index contributed by atoms with van der Waals surface area (Å²) in [6.07, 6.45) is 0. The zero-order valence-electron chi connectivity index (χ0n) is 7.09. The number of hydrogen-bond acceptors (Lipinski definition) is 3. The molecule has 3 nitrogen and oxygen atoms in total. The van der Waals surface area contributed by atoms with Crippen molar-refractivity contribution in [3.63, 3.8) is 0 Å². The fourth-order valence-corrected chi connectivity index (χ4v) is 2.29. The Labute approximate surface area is 67.9 Å². The minimum absolute atomic E-state index is 0.770. The minimum Gasteiger partial charge on any atom is -0.329 e. The van der Waals surface area contributed by atoms with E-state index in [0.29, 0.717) is 0 Å². The molecule has 2 rings (SSSR count). The number of nitrogens with two attached hydrogens (primary N) is 1. The maximum absolute atomic E-state index is 5.41. The molecule has 0 aromatic heterocycles. The fourth-order valence-electron chi connectivity index (χ4n) is 2.29. The van der Waals surface area contributed by atoms with Crippen LogP contribution in [-0.2, 0) is 0 Å². The highest BCUT2D eigenvalue weighted by Gasteiger charge is 2.54. The minimum atomic E-state index is 0.770. The lowest BCUT2D eigenvalue weighted by atomic mass is 10.4. The van der Waals surface area contributed by atoms with Crippen molar-refractivity contribution in [3.05, 3.63) is 0 Å². The Morgan fingerprint density at radius 3 is 2.64 bits per heavy atom. The molecule has 1 aliphatic carbocycles. The highest BCUT2D eigenvalue weighted by atomic mass is 15.2. The highest BCUT2D eigenvalue weighted by molar-refractivity contribution is 5.09. The molecule has 2 fully saturated rings. The van der Waals surface area contributed by atoms with E-state index in [1.54, 1.807) is 0 Å². The highest BCUT2D eigenvalue weighted by Crippen LogP contribution is 2.44. The van der Waals surface area contributed by atoms with E-state index >= 15 is 0 Å². The quantitative estimate of drug-likeness (QED) is 0.554. The summed E-state index contributed by atoms with van der Waals surface area (Å²) in [4.78, 5) is 2.41. The normalized spacial score (nSPS) is 42.5. The van der Waals surface area contributed by atoms with Crippen LogP contribution in [-0.4, -0.2) is 44.2 Å². The van der Waals surface area contributed by atoms with Crippen molar-refractivity contribution in [2.24, 2.45) is 17.6 Å². The molecule has 3 heteroatoms. The Bertz CT molecular complexity index is 136. The summed E-state index contributed by atoms with van der Waals surface area (Å²) in [5.41, 5.74) is 5.41. The van der Waals surface area contributed by atoms with Crippen LogP contribution in [0.1, 0.15) is 0 Å². The molecular formula is C8H17N3. The third kappa shape index (κ3) is 1.28. The Hall–Kier alpha value is -0.120. The van der Waals surface area contributed by atoms with Gasteiger partial charge in [0.05, 0.1) is 0 Å². The summed E-state index contributed by atoms with van der Waals surface area (Å²) in [5.74, 6) is 1.87. The van der Waals surface area contributed by atoms with Gasteiger partial charge >= 0.3 is 0 Å². The Morgan fingerprint density at radius 1 is 1.45 bits per heavy atom. The zero-order valence-corrected chi connectivity index (χ0v) is 7.09. The monoisotopic (exact) mass is 155 g/mol. The first-order chi connectivity index (χ1) is 5.33. The molecule has 0 aromatic carbocycles. The number of nitrogens with zero attached hydrogens (tertiary/aromatic N) is 1. The SMILES string of the molecule is CN1CC2C(C1)C2NCCN. The maximum atomic E-state index is 5.41. The van der Waals surface area contributed by atoms with Crippen molar-refractivity contribution in [1.29, 1.82) is 0 Å². The van der Waals surface area contributed by atoms with Gasteiger partial charge in [-0.15, -0.1) is 0 Å². The lowest BCUT2D eigenvalue weighted by Gasteiger charge is -2.13. The molecule has 0 aromatic rings. The van der Waals surface area contributed by atoms with Gasteiger partial charge < -0.3 is 16.0 Å². The third-order valence-corrected chi connectivity index (χ3v) is 2.90. The molecular weight excluding hydrogens is 138 g/mol. The number of likely N-dealkylation sites (tertiary alicyclic amines) is 1. The molecule has 0 amide bonds. The third-order valence-electron chi connectivity index (χ3n) is 2.90. The van der Waals surface area contributed by atoms with Crippen LogP contribution < -0.4 is 11.1 Å². The Balaban J connectivity index is 1.71. The van der Waals surface area contributed by atoms with Crippen LogP contribution in [0.25, 0.3) is 0 Å². The molecule has 11 heavy (non-hydrogen) atoms. The standard InChI is InChI=1S/C8H17N3/c1-11-4-6-7(5-11)8(6)10-3-2-9/h6-8,10H,2-5,9H2,1H3. The first-order valence-electron chi connectivity index (χ1n) is 4.45. The molecule has 1 saturated carbocycles. The second-order valence-corrected chi connectivity index (χ2v) is 3.82. The van der Waals surface area contributed by atoms with E-state index in [1.165, 1.54) is 13.1 Å². The van der Waals surface area contributed by atoms with E-state index in [-0.39, 0.29) is 0 Å². The van der Waals surface area contributed by atoms with E-state index in [4.69, 9.17) is 5.73 Å². The summed E-state index contributed by atoms with van der Waals surface area (Å²) in [7, 11) is 2.20. The van der Waals surface area contributed by atoms with Gasteiger partial charge in [0.1, 0.15) is 0 Å². The predicted octanol–water partition coefficient (Wildman–Crippen LogP) is -0.905. The van der Waals surface area contributed by atoms with Crippen LogP contribution in [0.15, 0.2) is 0 Å². The first kappa shape index (κ1) is 7.53. The van der Waals surface area contributed by atoms with Gasteiger partial charge in [0.25, 0.3) is 0 Å². The molecule has 2 aliphatic rings. The second kappa shape index (κ2) is 2.73. The van der Waals surface area contributed by atoms with Crippen molar-refractivity contribution in [2.75, 3.05) is 33.2 Å². The summed E-state index contributed by atoms with van der Waals surface area (Å²) >= 11 is 0. The average molecular weight is 155 g/mol. The van der Waals surface area contributed by atoms with Gasteiger partial charge in [0, 0.05) is 32.2 Å². The largest absolute Gasteiger partial charge is 0.329 e. The van der Waals surface area contributed by atoms with E-state index in [2.05, 4.69) is 17.3 Å². The van der Waals surface area contributed by atoms with Crippen LogP contribution in [0.4, 0.5) is 0 Å². The molecule has 0 radical (unpaired) electrons. The lowest BCUT2D eigenvalue weighted by molar-refractivity contribution is 0.349. The summed E-state index contributed by atoms with van der Waals surface area (Å²) in [5, 5.41) is 3.48. The molecule has 2 unspecified atom stereocenters. The van der Waals surface area contributed by atoms with E-state index in [1.807, 2.05) is 0 Å². The van der Waals surface area contributed by atoms with Gasteiger partial charge in [0.15, 0.2) is 0 Å². The molecule has 0 bridgehead atoms. The van der Waals surface area contributed by atoms with E-state index in [9.17, 15) is 0 Å². The number of rotatable bonds is 3. The number of piperidine rings is 1. The van der Waals surface area contributed by atoms with Crippen molar-refractivity contribution in [1.82, 2.24) is 10.2 Å². The van der Waals surface area contributed by atoms with Crippen LogP contribution in [0, 0.1) is 11.8 Å². The van der Waals surface area contributed by atoms with Gasteiger partial charge in [-0.2, -0.15) is 0 Å². The van der Waals surface area contributed by atoms with Gasteiger partial charge in [-0.3, -0.25) is 0 Å². The zero-order chi connectivity index (χ0) is 7.84. The van der Waals surface area contributed by atoms with Gasteiger partial charge in [-0.25, -0.2) is 0 Å². The van der Waals surface area contributed by atoms with Crippen molar-refractivity contribution in [3.8, 4) is 0 Å². The molecule has 1 aliphatic heterocycles.